The maximum atomic E-state index is 14.0. The molecule has 1 fully saturated rings. The van der Waals surface area contributed by atoms with Gasteiger partial charge in [0, 0.05) is 45.3 Å². The van der Waals surface area contributed by atoms with Crippen LogP contribution in [0.3, 0.4) is 0 Å². The SMILES string of the molecule is Cc1ncsc1-c1ccc(CNC(=O)[C@@H]2C[C@@H](O)CN2C(=O)[C@@H](NC(=O)CCCCCCCC(=O)N(C)CCOc2ccc(/C(=C(/CCCl)c3ccccc3)c3ccccc3)cc2)C(C)(C)C)cc1. The summed E-state index contributed by atoms with van der Waals surface area (Å²) in [6.07, 6.45) is 4.65. The van der Waals surface area contributed by atoms with Crippen molar-refractivity contribution in [2.75, 3.05) is 32.6 Å². The van der Waals surface area contributed by atoms with Gasteiger partial charge >= 0.3 is 0 Å². The summed E-state index contributed by atoms with van der Waals surface area (Å²) in [7, 11) is 1.80. The van der Waals surface area contributed by atoms with E-state index in [1.54, 1.807) is 23.3 Å². The number of aryl methyl sites for hydroxylation is 1. The number of amides is 4. The third-order valence-electron chi connectivity index (χ3n) is 12.6. The molecule has 3 N–H and O–H groups in total. The number of unbranched alkanes of at least 4 members (excludes halogenated alkanes) is 4. The van der Waals surface area contributed by atoms with Crippen LogP contribution in [0.1, 0.15) is 107 Å². The molecule has 3 atom stereocenters. The second-order valence-electron chi connectivity index (χ2n) is 18.9. The van der Waals surface area contributed by atoms with E-state index in [-0.39, 0.29) is 49.6 Å². The molecule has 5 aromatic rings. The fraction of sp³-hybridized carbons (Fsp3) is 0.411. The summed E-state index contributed by atoms with van der Waals surface area (Å²) >= 11 is 7.91. The lowest BCUT2D eigenvalue weighted by Crippen LogP contribution is -2.57. The first-order valence-electron chi connectivity index (χ1n) is 24.2. The molecule has 366 valence electrons. The molecule has 0 aliphatic carbocycles. The number of carbonyl (C=O) groups is 4. The van der Waals surface area contributed by atoms with Gasteiger partial charge in [-0.3, -0.25) is 19.2 Å². The van der Waals surface area contributed by atoms with E-state index < -0.39 is 23.6 Å². The Morgan fingerprint density at radius 1 is 0.841 bits per heavy atom. The van der Waals surface area contributed by atoms with E-state index in [0.29, 0.717) is 31.9 Å². The molecule has 0 unspecified atom stereocenters. The molecule has 0 bridgehead atoms. The van der Waals surface area contributed by atoms with E-state index in [0.717, 1.165) is 81.8 Å². The minimum absolute atomic E-state index is 0.0185. The van der Waals surface area contributed by atoms with E-state index in [4.69, 9.17) is 16.3 Å². The van der Waals surface area contributed by atoms with Crippen LogP contribution in [-0.4, -0.2) is 94.3 Å². The van der Waals surface area contributed by atoms with Crippen molar-refractivity contribution in [3.63, 3.8) is 0 Å². The standard InChI is InChI=1S/C56H68ClN5O6S/c1-39-52(69-38-59-39)44-25-23-40(24-26-44)36-58-54(66)48-35-45(63)37-62(48)55(67)53(56(2,3)4)60-49(64)21-15-7-6-8-16-22-50(65)61(5)33-34-68-46-29-27-43(28-30-46)51(42-19-13-10-14-20-42)47(31-32-57)41-17-11-9-12-18-41/h9-14,17-20,23-30,38,45,48,53,63H,6-8,15-16,21-22,31-37H2,1-5H3,(H,58,66)(H,60,64)/b51-47-/t45-,48+,53-/m1/s1. The van der Waals surface area contributed by atoms with Crippen molar-refractivity contribution in [3.05, 3.63) is 143 Å². The number of β-amino-alcohol motifs (C(OH)–C–C–N with tert-alkyl or cyclic N) is 1. The fourth-order valence-electron chi connectivity index (χ4n) is 8.71. The lowest BCUT2D eigenvalue weighted by atomic mass is 9.85. The van der Waals surface area contributed by atoms with Crippen molar-refractivity contribution in [2.45, 2.75) is 110 Å². The van der Waals surface area contributed by atoms with Crippen molar-refractivity contribution in [1.82, 2.24) is 25.4 Å². The predicted octanol–water partition coefficient (Wildman–Crippen LogP) is 10.1. The number of hydrogen-bond donors (Lipinski definition) is 3. The van der Waals surface area contributed by atoms with Crippen LogP contribution in [0.5, 0.6) is 5.75 Å². The number of carbonyl (C=O) groups excluding carboxylic acids is 4. The highest BCUT2D eigenvalue weighted by Gasteiger charge is 2.44. The Hall–Kier alpha value is -5.82. The number of aliphatic hydroxyl groups is 1. The molecule has 4 amide bonds. The quantitative estimate of drug-likeness (QED) is 0.0336. The Morgan fingerprint density at radius 3 is 2.09 bits per heavy atom. The number of nitrogens with one attached hydrogen (secondary N) is 2. The number of thiazole rings is 1. The lowest BCUT2D eigenvalue weighted by Gasteiger charge is -2.35. The van der Waals surface area contributed by atoms with Gasteiger partial charge in [0.2, 0.25) is 23.6 Å². The number of alkyl halides is 1. The third kappa shape index (κ3) is 15.1. The van der Waals surface area contributed by atoms with Gasteiger partial charge in [-0.2, -0.15) is 0 Å². The van der Waals surface area contributed by atoms with Crippen molar-refractivity contribution >= 4 is 57.7 Å². The van der Waals surface area contributed by atoms with Gasteiger partial charge in [0.05, 0.1) is 28.7 Å². The summed E-state index contributed by atoms with van der Waals surface area (Å²) in [5.74, 6) is 0.348. The van der Waals surface area contributed by atoms with Crippen molar-refractivity contribution in [2.24, 2.45) is 5.41 Å². The van der Waals surface area contributed by atoms with Crippen molar-refractivity contribution < 1.29 is 29.0 Å². The molecule has 11 nitrogen and oxygen atoms in total. The van der Waals surface area contributed by atoms with Crippen LogP contribution in [-0.2, 0) is 25.7 Å². The van der Waals surface area contributed by atoms with Gasteiger partial charge in [0.25, 0.3) is 0 Å². The molecule has 0 saturated carbocycles. The normalized spacial score (nSPS) is 15.6. The number of nitrogens with zero attached hydrogens (tertiary/aromatic N) is 3. The number of likely N-dealkylation sites (N-methyl/N-ethyl adjacent to an activating group) is 1. The zero-order valence-corrected chi connectivity index (χ0v) is 42.3. The number of rotatable bonds is 23. The molecule has 13 heteroatoms. The number of likely N-dealkylation sites (tertiary alicyclic amines) is 1. The second kappa shape index (κ2) is 25.7. The van der Waals surface area contributed by atoms with E-state index in [1.165, 1.54) is 10.5 Å². The molecule has 4 aromatic carbocycles. The molecule has 1 aliphatic heterocycles. The Kier molecular flexibility index (Phi) is 19.6. The van der Waals surface area contributed by atoms with Crippen LogP contribution >= 0.6 is 22.9 Å². The summed E-state index contributed by atoms with van der Waals surface area (Å²) in [4.78, 5) is 62.2. The number of benzene rings is 4. The van der Waals surface area contributed by atoms with Gasteiger partial charge < -0.3 is 30.3 Å². The molecule has 0 spiro atoms. The van der Waals surface area contributed by atoms with E-state index in [2.05, 4.69) is 52.0 Å². The number of ether oxygens (including phenoxy) is 1. The van der Waals surface area contributed by atoms with Crippen LogP contribution in [0, 0.1) is 12.3 Å². The summed E-state index contributed by atoms with van der Waals surface area (Å²) in [6.45, 7) is 8.74. The predicted molar refractivity (Wildman–Crippen MR) is 278 cm³/mol. The number of aliphatic hydroxyl groups excluding tert-OH is 1. The van der Waals surface area contributed by atoms with Gasteiger partial charge in [-0.1, -0.05) is 137 Å². The van der Waals surface area contributed by atoms with E-state index >= 15 is 0 Å². The first kappa shape index (κ1) is 52.5. The number of allylic oxidation sites excluding steroid dienone is 1. The molecule has 2 heterocycles. The van der Waals surface area contributed by atoms with Gasteiger partial charge in [0.1, 0.15) is 24.4 Å². The average molecular weight is 975 g/mol. The van der Waals surface area contributed by atoms with Gasteiger partial charge in [-0.25, -0.2) is 4.98 Å². The Balaban J connectivity index is 0.887. The number of hydrogen-bond acceptors (Lipinski definition) is 8. The third-order valence-corrected chi connectivity index (χ3v) is 13.8. The minimum Gasteiger partial charge on any atom is -0.492 e. The lowest BCUT2D eigenvalue weighted by molar-refractivity contribution is -0.144. The topological polar surface area (TPSA) is 141 Å². The van der Waals surface area contributed by atoms with Gasteiger partial charge in [-0.05, 0) is 82.7 Å². The summed E-state index contributed by atoms with van der Waals surface area (Å²) < 4.78 is 6.07. The molecule has 1 saturated heterocycles. The highest BCUT2D eigenvalue weighted by atomic mass is 35.5. The first-order valence-corrected chi connectivity index (χ1v) is 25.6. The highest BCUT2D eigenvalue weighted by Crippen LogP contribution is 2.36. The first-order chi connectivity index (χ1) is 33.2. The van der Waals surface area contributed by atoms with Crippen LogP contribution in [0.4, 0.5) is 0 Å². The van der Waals surface area contributed by atoms with Crippen molar-refractivity contribution in [3.8, 4) is 16.2 Å². The monoisotopic (exact) mass is 973 g/mol. The summed E-state index contributed by atoms with van der Waals surface area (Å²) in [5.41, 5.74) is 9.78. The molecule has 1 aromatic heterocycles. The molecule has 6 rings (SSSR count). The Bertz CT molecular complexity index is 2470. The number of aromatic nitrogens is 1. The van der Waals surface area contributed by atoms with Crippen LogP contribution in [0.2, 0.25) is 0 Å². The second-order valence-corrected chi connectivity index (χ2v) is 20.2. The maximum absolute atomic E-state index is 14.0. The molecular weight excluding hydrogens is 906 g/mol. The highest BCUT2D eigenvalue weighted by molar-refractivity contribution is 7.13. The number of halogens is 1. The Labute approximate surface area is 417 Å². The largest absolute Gasteiger partial charge is 0.492 e. The van der Waals surface area contributed by atoms with Crippen LogP contribution in [0.25, 0.3) is 21.6 Å². The van der Waals surface area contributed by atoms with Crippen LogP contribution in [0.15, 0.2) is 115 Å². The summed E-state index contributed by atoms with van der Waals surface area (Å²) in [6, 6.07) is 35.0. The van der Waals surface area contributed by atoms with Gasteiger partial charge in [0.15, 0.2) is 0 Å². The molecular formula is C56H68ClN5O6S. The fourth-order valence-corrected chi connectivity index (χ4v) is 9.71. The van der Waals surface area contributed by atoms with Crippen LogP contribution < -0.4 is 15.4 Å². The minimum atomic E-state index is -0.877. The van der Waals surface area contributed by atoms with E-state index in [9.17, 15) is 24.3 Å². The average Bonchev–Trinajstić information content (AvgIpc) is 3.97. The Morgan fingerprint density at radius 2 is 1.46 bits per heavy atom. The van der Waals surface area contributed by atoms with Crippen molar-refractivity contribution in [1.29, 1.82) is 0 Å². The molecule has 69 heavy (non-hydrogen) atoms. The zero-order chi connectivity index (χ0) is 49.3. The molecule has 0 radical (unpaired) electrons. The van der Waals surface area contributed by atoms with E-state index in [1.807, 2.05) is 106 Å². The maximum Gasteiger partial charge on any atom is 0.246 e. The zero-order valence-electron chi connectivity index (χ0n) is 40.7. The summed E-state index contributed by atoms with van der Waals surface area (Å²) in [5, 5.41) is 16.5. The smallest absolute Gasteiger partial charge is 0.246 e. The van der Waals surface area contributed by atoms with Gasteiger partial charge in [-0.15, -0.1) is 22.9 Å². The molecule has 1 aliphatic rings.